The Labute approximate surface area is 225 Å². The SMILES string of the molecule is Cc1ccc(S(=O)(=O)[C@@]23CCN(Cc4ncnn4C)[C@@H]2CCc2cc(C(F)(C(F)(F)F)C(F)(F)F)ccc23)cc1. The molecule has 1 fully saturated rings. The number of halogens is 7. The molecule has 6 nitrogen and oxygen atoms in total. The van der Waals surface area contributed by atoms with Crippen molar-refractivity contribution in [3.05, 3.63) is 76.9 Å². The molecule has 5 rings (SSSR count). The van der Waals surface area contributed by atoms with Gasteiger partial charge in [0, 0.05) is 25.2 Å². The summed E-state index contributed by atoms with van der Waals surface area (Å²) in [5.74, 6) is 0.558. The highest BCUT2D eigenvalue weighted by Crippen LogP contribution is 2.56. The highest BCUT2D eigenvalue weighted by Gasteiger charge is 2.73. The van der Waals surface area contributed by atoms with E-state index in [1.165, 1.54) is 23.1 Å². The molecule has 0 N–H and O–H groups in total. The minimum Gasteiger partial charge on any atom is -0.291 e. The summed E-state index contributed by atoms with van der Waals surface area (Å²) in [4.78, 5) is 6.08. The number of likely N-dealkylation sites (tertiary alicyclic amines) is 1. The van der Waals surface area contributed by atoms with Gasteiger partial charge in [-0.25, -0.2) is 17.8 Å². The minimum atomic E-state index is -6.28. The third-order valence-corrected chi connectivity index (χ3v) is 10.7. The Bertz CT molecular complexity index is 1520. The molecular weight excluding hydrogens is 565 g/mol. The number of fused-ring (bicyclic) bond motifs is 3. The zero-order valence-corrected chi connectivity index (χ0v) is 22.2. The van der Waals surface area contributed by atoms with Crippen LogP contribution in [0, 0.1) is 6.92 Å². The molecule has 0 unspecified atom stereocenters. The third-order valence-electron chi connectivity index (χ3n) is 8.14. The molecule has 2 aromatic carbocycles. The number of nitrogens with zero attached hydrogens (tertiary/aromatic N) is 4. The van der Waals surface area contributed by atoms with Crippen molar-refractivity contribution < 1.29 is 39.2 Å². The lowest BCUT2D eigenvalue weighted by Gasteiger charge is -2.43. The van der Waals surface area contributed by atoms with Crippen molar-refractivity contribution in [3.8, 4) is 0 Å². The maximum Gasteiger partial charge on any atom is 0.435 e. The molecule has 1 aromatic heterocycles. The van der Waals surface area contributed by atoms with E-state index in [9.17, 15) is 39.2 Å². The second-order valence-corrected chi connectivity index (χ2v) is 12.5. The lowest BCUT2D eigenvalue weighted by molar-refractivity contribution is -0.348. The summed E-state index contributed by atoms with van der Waals surface area (Å²) in [5.41, 5.74) is -6.40. The predicted molar refractivity (Wildman–Crippen MR) is 130 cm³/mol. The van der Waals surface area contributed by atoms with Crippen LogP contribution in [0.25, 0.3) is 0 Å². The van der Waals surface area contributed by atoms with Gasteiger partial charge in [-0.05, 0) is 49.4 Å². The van der Waals surface area contributed by atoms with Crippen LogP contribution < -0.4 is 0 Å². The van der Waals surface area contributed by atoms with Gasteiger partial charge in [-0.3, -0.25) is 9.58 Å². The summed E-state index contributed by atoms with van der Waals surface area (Å²) >= 11 is 0. The summed E-state index contributed by atoms with van der Waals surface area (Å²) in [6, 6.07) is 7.30. The largest absolute Gasteiger partial charge is 0.435 e. The number of hydrogen-bond acceptors (Lipinski definition) is 5. The number of hydrogen-bond donors (Lipinski definition) is 0. The Morgan fingerprint density at radius 1 is 1.00 bits per heavy atom. The van der Waals surface area contributed by atoms with E-state index in [0.717, 1.165) is 11.6 Å². The van der Waals surface area contributed by atoms with Gasteiger partial charge in [-0.2, -0.15) is 31.4 Å². The van der Waals surface area contributed by atoms with Crippen LogP contribution in [-0.4, -0.2) is 53.0 Å². The van der Waals surface area contributed by atoms with E-state index < -0.39 is 44.2 Å². The first-order valence-corrected chi connectivity index (χ1v) is 13.9. The van der Waals surface area contributed by atoms with Gasteiger partial charge in [0.2, 0.25) is 0 Å². The van der Waals surface area contributed by atoms with Crippen LogP contribution in [0.15, 0.2) is 53.7 Å². The van der Waals surface area contributed by atoms with Crippen LogP contribution >= 0.6 is 0 Å². The molecule has 2 aliphatic rings. The van der Waals surface area contributed by atoms with E-state index in [1.807, 2.05) is 4.90 Å². The maximum atomic E-state index is 14.9. The van der Waals surface area contributed by atoms with E-state index in [-0.39, 0.29) is 48.4 Å². The number of aryl methyl sites for hydroxylation is 3. The van der Waals surface area contributed by atoms with Gasteiger partial charge in [-0.15, -0.1) is 0 Å². The molecule has 216 valence electrons. The van der Waals surface area contributed by atoms with E-state index >= 15 is 0 Å². The highest BCUT2D eigenvalue weighted by atomic mass is 32.2. The van der Waals surface area contributed by atoms with Gasteiger partial charge in [0.05, 0.1) is 11.4 Å². The van der Waals surface area contributed by atoms with Crippen LogP contribution in [0.4, 0.5) is 30.7 Å². The van der Waals surface area contributed by atoms with Crippen LogP contribution in [0.5, 0.6) is 0 Å². The fourth-order valence-electron chi connectivity index (χ4n) is 6.09. The number of alkyl halides is 7. The third kappa shape index (κ3) is 4.05. The zero-order chi connectivity index (χ0) is 29.3. The summed E-state index contributed by atoms with van der Waals surface area (Å²) in [5, 5.41) is 4.03. The fraction of sp³-hybridized carbons (Fsp3) is 0.462. The van der Waals surface area contributed by atoms with Gasteiger partial charge in [0.1, 0.15) is 16.9 Å². The Morgan fingerprint density at radius 2 is 1.65 bits per heavy atom. The van der Waals surface area contributed by atoms with Crippen molar-refractivity contribution in [2.24, 2.45) is 7.05 Å². The van der Waals surface area contributed by atoms with E-state index in [2.05, 4.69) is 10.1 Å². The van der Waals surface area contributed by atoms with E-state index in [0.29, 0.717) is 18.0 Å². The van der Waals surface area contributed by atoms with Gasteiger partial charge < -0.3 is 0 Å². The molecule has 40 heavy (non-hydrogen) atoms. The Balaban J connectivity index is 1.69. The first-order chi connectivity index (χ1) is 18.5. The molecule has 0 saturated carbocycles. The Hall–Kier alpha value is -3.00. The second-order valence-electron chi connectivity index (χ2n) is 10.3. The molecule has 2 atom stereocenters. The van der Waals surface area contributed by atoms with Crippen LogP contribution in [0.3, 0.4) is 0 Å². The monoisotopic (exact) mass is 590 g/mol. The number of rotatable bonds is 5. The summed E-state index contributed by atoms with van der Waals surface area (Å²) in [6.45, 7) is 2.27. The van der Waals surface area contributed by atoms with Crippen molar-refractivity contribution in [1.82, 2.24) is 19.7 Å². The fourth-order valence-corrected chi connectivity index (χ4v) is 8.47. The standard InChI is InChI=1S/C26H25F7N4O2S/c1-16-3-7-19(8-4-16)40(38,39)23-11-12-37(14-22-34-15-35-36(22)2)21(23)10-5-17-13-18(6-9-20(17)23)24(27,25(28,29)30)26(31,32)33/h3-4,6-9,13,15,21H,5,10-12,14H2,1-2H3/t21-,23-/m1/s1. The smallest absolute Gasteiger partial charge is 0.291 e. The first kappa shape index (κ1) is 28.5. The number of sulfone groups is 1. The molecule has 1 aliphatic heterocycles. The van der Waals surface area contributed by atoms with E-state index in [1.54, 1.807) is 26.1 Å². The molecule has 2 heterocycles. The van der Waals surface area contributed by atoms with Crippen LogP contribution in [-0.2, 0) is 40.3 Å². The molecule has 0 amide bonds. The molecule has 0 spiro atoms. The summed E-state index contributed by atoms with van der Waals surface area (Å²) < 4.78 is 125. The van der Waals surface area contributed by atoms with Crippen molar-refractivity contribution in [3.63, 3.8) is 0 Å². The topological polar surface area (TPSA) is 68.1 Å². The lowest BCUT2D eigenvalue weighted by atomic mass is 9.77. The predicted octanol–water partition coefficient (Wildman–Crippen LogP) is 5.30. The van der Waals surface area contributed by atoms with Crippen molar-refractivity contribution in [1.29, 1.82) is 0 Å². The summed E-state index contributed by atoms with van der Waals surface area (Å²) in [6.07, 6.45) is -11.1. The van der Waals surface area contributed by atoms with Gasteiger partial charge in [0.15, 0.2) is 9.84 Å². The minimum absolute atomic E-state index is 0.0223. The normalized spacial score (nSPS) is 22.3. The highest BCUT2D eigenvalue weighted by molar-refractivity contribution is 7.92. The number of aromatic nitrogens is 3. The molecular formula is C26H25F7N4O2S. The molecule has 0 radical (unpaired) electrons. The quantitative estimate of drug-likeness (QED) is 0.378. The Morgan fingerprint density at radius 3 is 2.23 bits per heavy atom. The van der Waals surface area contributed by atoms with Gasteiger partial charge >= 0.3 is 18.0 Å². The van der Waals surface area contributed by atoms with Gasteiger partial charge in [-0.1, -0.05) is 35.9 Å². The zero-order valence-electron chi connectivity index (χ0n) is 21.4. The van der Waals surface area contributed by atoms with Crippen LogP contribution in [0.1, 0.15) is 40.9 Å². The Kier molecular flexibility index (Phi) is 6.61. The summed E-state index contributed by atoms with van der Waals surface area (Å²) in [7, 11) is -2.56. The van der Waals surface area contributed by atoms with Crippen LogP contribution in [0.2, 0.25) is 0 Å². The average molecular weight is 591 g/mol. The maximum absolute atomic E-state index is 14.9. The van der Waals surface area contributed by atoms with Gasteiger partial charge in [0.25, 0.3) is 0 Å². The lowest BCUT2D eigenvalue weighted by Crippen LogP contribution is -2.52. The van der Waals surface area contributed by atoms with Crippen molar-refractivity contribution >= 4 is 9.84 Å². The molecule has 1 saturated heterocycles. The number of benzene rings is 2. The molecule has 3 aromatic rings. The molecule has 1 aliphatic carbocycles. The second kappa shape index (κ2) is 9.26. The first-order valence-electron chi connectivity index (χ1n) is 12.4. The van der Waals surface area contributed by atoms with Crippen molar-refractivity contribution in [2.75, 3.05) is 6.54 Å². The molecule has 0 bridgehead atoms. The van der Waals surface area contributed by atoms with Crippen molar-refractivity contribution in [2.45, 2.75) is 66.4 Å². The molecule has 14 heteroatoms. The van der Waals surface area contributed by atoms with E-state index in [4.69, 9.17) is 0 Å². The average Bonchev–Trinajstić information content (AvgIpc) is 3.46.